The van der Waals surface area contributed by atoms with Crippen molar-refractivity contribution in [2.45, 2.75) is 25.3 Å². The molecule has 2 aliphatic heterocycles. The van der Waals surface area contributed by atoms with Crippen molar-refractivity contribution in [3.05, 3.63) is 46.8 Å². The van der Waals surface area contributed by atoms with Gasteiger partial charge >= 0.3 is 0 Å². The molecule has 1 spiro atoms. The first-order chi connectivity index (χ1) is 11.6. The Kier molecular flexibility index (Phi) is 4.04. The van der Waals surface area contributed by atoms with Crippen molar-refractivity contribution in [3.63, 3.8) is 0 Å². The number of hydrogen-bond donors (Lipinski definition) is 0. The van der Waals surface area contributed by atoms with Crippen LogP contribution in [-0.4, -0.2) is 42.0 Å². The van der Waals surface area contributed by atoms with Crippen LogP contribution in [-0.2, 0) is 6.54 Å². The van der Waals surface area contributed by atoms with Gasteiger partial charge in [0.25, 0.3) is 5.92 Å². The lowest BCUT2D eigenvalue weighted by Gasteiger charge is -2.45. The summed E-state index contributed by atoms with van der Waals surface area (Å²) in [6.45, 7) is 2.74. The maximum Gasteiger partial charge on any atom is 0.257 e. The number of piperidine rings is 1. The molecule has 4 heterocycles. The van der Waals surface area contributed by atoms with Crippen molar-refractivity contribution in [1.29, 1.82) is 0 Å². The first-order valence-corrected chi connectivity index (χ1v) is 9.25. The summed E-state index contributed by atoms with van der Waals surface area (Å²) in [5.41, 5.74) is -0.958. The molecule has 128 valence electrons. The first kappa shape index (κ1) is 16.0. The van der Waals surface area contributed by atoms with Crippen LogP contribution in [0.5, 0.6) is 0 Å². The summed E-state index contributed by atoms with van der Waals surface area (Å²) < 4.78 is 29.7. The maximum absolute atomic E-state index is 14.8. The third-order valence-electron chi connectivity index (χ3n) is 5.33. The molecule has 0 bridgehead atoms. The highest BCUT2D eigenvalue weighted by atomic mass is 32.1. The quantitative estimate of drug-likeness (QED) is 0.838. The van der Waals surface area contributed by atoms with E-state index in [1.165, 1.54) is 4.88 Å². The summed E-state index contributed by atoms with van der Waals surface area (Å²) in [6.07, 6.45) is 2.20. The van der Waals surface area contributed by atoms with Gasteiger partial charge in [-0.25, -0.2) is 13.8 Å². The van der Waals surface area contributed by atoms with Crippen LogP contribution in [0.25, 0.3) is 0 Å². The van der Waals surface area contributed by atoms with E-state index >= 15 is 0 Å². The molecule has 2 aliphatic rings. The highest BCUT2D eigenvalue weighted by Crippen LogP contribution is 2.50. The van der Waals surface area contributed by atoms with Gasteiger partial charge in [-0.2, -0.15) is 0 Å². The number of likely N-dealkylation sites (tertiary alicyclic amines) is 1. The predicted molar refractivity (Wildman–Crippen MR) is 92.7 cm³/mol. The van der Waals surface area contributed by atoms with Crippen molar-refractivity contribution in [2.75, 3.05) is 31.1 Å². The molecule has 4 rings (SSSR count). The predicted octanol–water partition coefficient (Wildman–Crippen LogP) is 3.88. The molecule has 1 atom stereocenters. The van der Waals surface area contributed by atoms with Gasteiger partial charge in [0.1, 0.15) is 5.82 Å². The van der Waals surface area contributed by atoms with E-state index in [9.17, 15) is 8.78 Å². The van der Waals surface area contributed by atoms with Crippen LogP contribution < -0.4 is 4.90 Å². The van der Waals surface area contributed by atoms with E-state index in [-0.39, 0.29) is 6.42 Å². The van der Waals surface area contributed by atoms with Crippen LogP contribution in [0.4, 0.5) is 14.6 Å². The molecule has 1 unspecified atom stereocenters. The van der Waals surface area contributed by atoms with Gasteiger partial charge in [-0.3, -0.25) is 4.90 Å². The van der Waals surface area contributed by atoms with Gasteiger partial charge in [0.2, 0.25) is 0 Å². The molecule has 0 aromatic carbocycles. The van der Waals surface area contributed by atoms with Gasteiger partial charge in [-0.05, 0) is 30.0 Å². The average molecular weight is 349 g/mol. The van der Waals surface area contributed by atoms with Gasteiger partial charge in [0.05, 0.1) is 5.41 Å². The molecule has 2 aromatic heterocycles. The smallest absolute Gasteiger partial charge is 0.257 e. The number of hydrogen-bond acceptors (Lipinski definition) is 4. The molecule has 24 heavy (non-hydrogen) atoms. The van der Waals surface area contributed by atoms with Gasteiger partial charge in [0.15, 0.2) is 0 Å². The number of pyridine rings is 1. The fourth-order valence-corrected chi connectivity index (χ4v) is 4.73. The lowest BCUT2D eigenvalue weighted by atomic mass is 9.75. The summed E-state index contributed by atoms with van der Waals surface area (Å²) in [4.78, 5) is 9.80. The van der Waals surface area contributed by atoms with Gasteiger partial charge in [-0.1, -0.05) is 12.1 Å². The molecule has 2 saturated heterocycles. The average Bonchev–Trinajstić information content (AvgIpc) is 3.23. The normalized spacial score (nSPS) is 27.0. The molecule has 0 aliphatic carbocycles. The molecule has 0 saturated carbocycles. The Morgan fingerprint density at radius 3 is 2.75 bits per heavy atom. The Hall–Kier alpha value is -1.53. The third kappa shape index (κ3) is 2.82. The molecule has 0 radical (unpaired) electrons. The zero-order valence-corrected chi connectivity index (χ0v) is 14.3. The van der Waals surface area contributed by atoms with Crippen LogP contribution in [0.3, 0.4) is 0 Å². The second kappa shape index (κ2) is 6.08. The fourth-order valence-electron chi connectivity index (χ4n) is 3.98. The Balaban J connectivity index is 1.53. The number of nitrogens with zero attached hydrogens (tertiary/aromatic N) is 3. The maximum atomic E-state index is 14.8. The van der Waals surface area contributed by atoms with E-state index in [0.717, 1.165) is 12.4 Å². The van der Waals surface area contributed by atoms with Crippen molar-refractivity contribution in [3.8, 4) is 0 Å². The third-order valence-corrected chi connectivity index (χ3v) is 6.19. The van der Waals surface area contributed by atoms with Crippen molar-refractivity contribution in [1.82, 2.24) is 9.88 Å². The number of alkyl halides is 2. The van der Waals surface area contributed by atoms with Gasteiger partial charge in [0, 0.05) is 50.2 Å². The Bertz CT molecular complexity index is 677. The molecule has 0 N–H and O–H groups in total. The summed E-state index contributed by atoms with van der Waals surface area (Å²) in [7, 11) is 0. The van der Waals surface area contributed by atoms with Crippen LogP contribution in [0.2, 0.25) is 0 Å². The summed E-state index contributed by atoms with van der Waals surface area (Å²) in [5, 5.41) is 2.04. The van der Waals surface area contributed by atoms with Gasteiger partial charge in [-0.15, -0.1) is 11.3 Å². The van der Waals surface area contributed by atoms with Crippen molar-refractivity contribution in [2.24, 2.45) is 5.41 Å². The van der Waals surface area contributed by atoms with Crippen LogP contribution >= 0.6 is 11.3 Å². The molecule has 6 heteroatoms. The molecule has 0 amide bonds. The second-order valence-corrected chi connectivity index (χ2v) is 7.92. The van der Waals surface area contributed by atoms with E-state index in [1.54, 1.807) is 17.5 Å². The topological polar surface area (TPSA) is 19.4 Å². The minimum atomic E-state index is -2.61. The standard InChI is InChI=1S/C18H21F2N3S/c19-18(20)7-9-22(12-15-4-3-11-24-15)13-17(18)6-10-23(14-17)16-5-1-2-8-21-16/h1-5,8,11H,6-7,9-10,12-14H2. The van der Waals surface area contributed by atoms with Crippen LogP contribution in [0.15, 0.2) is 41.9 Å². The highest BCUT2D eigenvalue weighted by molar-refractivity contribution is 7.09. The van der Waals surface area contributed by atoms with Crippen molar-refractivity contribution < 1.29 is 8.78 Å². The summed E-state index contributed by atoms with van der Waals surface area (Å²) in [5.74, 6) is -1.80. The van der Waals surface area contributed by atoms with E-state index in [4.69, 9.17) is 0 Å². The lowest BCUT2D eigenvalue weighted by Crippen LogP contribution is -2.56. The molecule has 2 fully saturated rings. The number of aromatic nitrogens is 1. The first-order valence-electron chi connectivity index (χ1n) is 8.37. The summed E-state index contributed by atoms with van der Waals surface area (Å²) in [6, 6.07) is 9.78. The number of thiophene rings is 1. The second-order valence-electron chi connectivity index (χ2n) is 6.88. The van der Waals surface area contributed by atoms with Gasteiger partial charge < -0.3 is 4.90 Å². The Morgan fingerprint density at radius 1 is 1.08 bits per heavy atom. The SMILES string of the molecule is FC1(F)CCN(Cc2cccs2)CC12CCN(c1ccccn1)C2. The zero-order chi connectivity index (χ0) is 16.6. The Morgan fingerprint density at radius 2 is 2.00 bits per heavy atom. The molecular formula is C18H21F2N3S. The fraction of sp³-hybridized carbons (Fsp3) is 0.500. The van der Waals surface area contributed by atoms with E-state index in [0.29, 0.717) is 32.6 Å². The van der Waals surface area contributed by atoms with Crippen molar-refractivity contribution >= 4 is 17.2 Å². The highest BCUT2D eigenvalue weighted by Gasteiger charge is 2.59. The largest absolute Gasteiger partial charge is 0.356 e. The number of rotatable bonds is 3. The molecule has 2 aromatic rings. The van der Waals surface area contributed by atoms with E-state index < -0.39 is 11.3 Å². The molecular weight excluding hydrogens is 328 g/mol. The number of halogens is 2. The number of anilines is 1. The van der Waals surface area contributed by atoms with E-state index in [1.807, 2.05) is 34.5 Å². The minimum Gasteiger partial charge on any atom is -0.356 e. The lowest BCUT2D eigenvalue weighted by molar-refractivity contribution is -0.158. The zero-order valence-electron chi connectivity index (χ0n) is 13.5. The Labute approximate surface area is 144 Å². The minimum absolute atomic E-state index is 0.0472. The molecule has 3 nitrogen and oxygen atoms in total. The monoisotopic (exact) mass is 349 g/mol. The summed E-state index contributed by atoms with van der Waals surface area (Å²) >= 11 is 1.70. The van der Waals surface area contributed by atoms with E-state index in [2.05, 4.69) is 16.0 Å². The van der Waals surface area contributed by atoms with Crippen LogP contribution in [0.1, 0.15) is 17.7 Å². The van der Waals surface area contributed by atoms with Crippen LogP contribution in [0, 0.1) is 5.41 Å².